The minimum Gasteiger partial charge on any atom is -0.488 e. The monoisotopic (exact) mass is 860 g/mol. The Hall–Kier alpha value is -6.16. The van der Waals surface area contributed by atoms with Crippen LogP contribution in [0.4, 0.5) is 9.59 Å². The lowest BCUT2D eigenvalue weighted by molar-refractivity contribution is -0.139. The molecule has 4 aliphatic rings. The number of carbonyl (C=O) groups excluding carboxylic acids is 4. The number of benzene rings is 3. The lowest BCUT2D eigenvalue weighted by Gasteiger charge is -2.36. The van der Waals surface area contributed by atoms with Crippen molar-refractivity contribution in [3.05, 3.63) is 65.9 Å². The number of nitrogens with zero attached hydrogens (tertiary/aromatic N) is 4. The second-order valence-electron chi connectivity index (χ2n) is 17.8. The van der Waals surface area contributed by atoms with Gasteiger partial charge in [0.25, 0.3) is 0 Å². The summed E-state index contributed by atoms with van der Waals surface area (Å²) in [5.74, 6) is 1.60. The first-order chi connectivity index (χ1) is 30.4. The van der Waals surface area contributed by atoms with Gasteiger partial charge in [-0.15, -0.1) is 0 Å². The Morgan fingerprint density at radius 2 is 1.56 bits per heavy atom. The Bertz CT molecular complexity index is 2560. The lowest BCUT2D eigenvalue weighted by Crippen LogP contribution is -2.55. The van der Waals surface area contributed by atoms with Crippen molar-refractivity contribution in [2.45, 2.75) is 109 Å². The molecular formula is C47H56N8O8. The maximum absolute atomic E-state index is 14.4. The van der Waals surface area contributed by atoms with Crippen LogP contribution >= 0.6 is 0 Å². The molecule has 4 aliphatic heterocycles. The highest BCUT2D eigenvalue weighted by molar-refractivity contribution is 6.07. The van der Waals surface area contributed by atoms with E-state index >= 15 is 0 Å². The number of H-pyrrole nitrogens is 2. The summed E-state index contributed by atoms with van der Waals surface area (Å²) in [7, 11) is 2.60. The number of hydrogen-bond donors (Lipinski definition) is 4. The second kappa shape index (κ2) is 17.2. The molecule has 2 aromatic heterocycles. The molecule has 0 radical (unpaired) electrons. The van der Waals surface area contributed by atoms with E-state index in [1.807, 2.05) is 49.8 Å². The van der Waals surface area contributed by atoms with E-state index in [0.717, 1.165) is 94.0 Å². The van der Waals surface area contributed by atoms with E-state index in [4.69, 9.17) is 28.9 Å². The number of carbonyl (C=O) groups is 4. The molecule has 63 heavy (non-hydrogen) atoms. The van der Waals surface area contributed by atoms with Crippen LogP contribution in [0.15, 0.2) is 48.7 Å². The topological polar surface area (TPSA) is 193 Å². The normalized spacial score (nSPS) is 22.9. The summed E-state index contributed by atoms with van der Waals surface area (Å²) in [6.45, 7) is 9.31. The van der Waals surface area contributed by atoms with E-state index < -0.39 is 24.3 Å². The molecule has 4 N–H and O–H groups in total. The molecule has 0 saturated carbocycles. The van der Waals surface area contributed by atoms with E-state index in [-0.39, 0.29) is 47.8 Å². The van der Waals surface area contributed by atoms with Crippen molar-refractivity contribution in [1.82, 2.24) is 40.4 Å². The van der Waals surface area contributed by atoms with Gasteiger partial charge >= 0.3 is 12.2 Å². The molecule has 16 nitrogen and oxygen atoms in total. The first kappa shape index (κ1) is 42.2. The molecule has 0 unspecified atom stereocenters. The minimum atomic E-state index is -0.767. The smallest absolute Gasteiger partial charge is 0.407 e. The number of ether oxygens (including phenoxy) is 4. The largest absolute Gasteiger partial charge is 0.488 e. The predicted octanol–water partition coefficient (Wildman–Crippen LogP) is 7.30. The van der Waals surface area contributed by atoms with Crippen LogP contribution in [0.5, 0.6) is 5.75 Å². The summed E-state index contributed by atoms with van der Waals surface area (Å²) >= 11 is 0. The number of hydrogen-bond acceptors (Lipinski definition) is 10. The van der Waals surface area contributed by atoms with Gasteiger partial charge in [0.1, 0.15) is 36.1 Å². The van der Waals surface area contributed by atoms with Gasteiger partial charge in [-0.1, -0.05) is 32.0 Å². The first-order valence-corrected chi connectivity index (χ1v) is 22.1. The molecule has 9 rings (SSSR count). The maximum Gasteiger partial charge on any atom is 0.407 e. The molecule has 0 bridgehead atoms. The fraction of sp³-hybridized carbons (Fsp3) is 0.489. The van der Waals surface area contributed by atoms with Crippen LogP contribution in [0.25, 0.3) is 44.2 Å². The van der Waals surface area contributed by atoms with Crippen LogP contribution in [0, 0.1) is 11.8 Å². The fourth-order valence-electron chi connectivity index (χ4n) is 10.2. The average molecular weight is 861 g/mol. The van der Waals surface area contributed by atoms with Gasteiger partial charge in [0, 0.05) is 35.6 Å². The van der Waals surface area contributed by atoms with E-state index in [1.54, 1.807) is 0 Å². The standard InChI is InChI=1S/C47H56N8O8/c1-24(2)39(52-46(58)60-5)44(56)54-25(3)9-15-36(54)42-48-21-35(50-42)28-11-13-31-30(18-28)23-63-38-20-32-27(19-33(31)38)12-14-34-41(32)51-43(49-34)37-16-10-26(4)55(37)45(57)40(53-47(59)61-6)29-8-7-17-62-22-29/h11-14,18-21,24-26,29,36-37,39-40H,7-10,15-17,22-23H2,1-6H3,(H,48,50)(H,49,51)(H,52,58)(H,53,59)/t25-,26-,29-,36-,37-,39-,40-/m0/s1. The van der Waals surface area contributed by atoms with Crippen molar-refractivity contribution in [3.63, 3.8) is 0 Å². The number of aromatic nitrogens is 4. The average Bonchev–Trinajstić information content (AvgIpc) is 4.12. The van der Waals surface area contributed by atoms with Crippen molar-refractivity contribution in [3.8, 4) is 28.1 Å². The van der Waals surface area contributed by atoms with Gasteiger partial charge in [0.2, 0.25) is 11.8 Å². The summed E-state index contributed by atoms with van der Waals surface area (Å²) in [6, 6.07) is 12.5. The van der Waals surface area contributed by atoms with Gasteiger partial charge in [-0.3, -0.25) is 9.59 Å². The van der Waals surface area contributed by atoms with Crippen molar-refractivity contribution >= 4 is 45.8 Å². The van der Waals surface area contributed by atoms with Crippen molar-refractivity contribution in [2.24, 2.45) is 11.8 Å². The summed E-state index contributed by atoms with van der Waals surface area (Å²) in [6.07, 6.45) is 5.26. The van der Waals surface area contributed by atoms with E-state index in [1.165, 1.54) is 14.2 Å². The Balaban J connectivity index is 0.964. The Labute approximate surface area is 365 Å². The van der Waals surface area contributed by atoms with Crippen LogP contribution in [0.3, 0.4) is 0 Å². The lowest BCUT2D eigenvalue weighted by atomic mass is 9.92. The fourth-order valence-corrected chi connectivity index (χ4v) is 10.2. The molecule has 5 aromatic rings. The SMILES string of the molecule is COC(=O)N[C@H](C(=O)N1[C@@H](C)CC[C@H]1c1ncc(-c2ccc3c(c2)COc2cc4c(ccc5nc([C@@H]6CC[C@H](C)N6C(=O)[C@@H](NC(=O)OC)[C@H]6CCCOC6)[nH]c54)cc2-3)[nH]1)C(C)C. The Kier molecular flexibility index (Phi) is 11.5. The van der Waals surface area contributed by atoms with Crippen molar-refractivity contribution < 1.29 is 38.1 Å². The number of likely N-dealkylation sites (tertiary alicyclic amines) is 2. The number of rotatable bonds is 9. The highest BCUT2D eigenvalue weighted by atomic mass is 16.5. The molecule has 3 aromatic carbocycles. The third kappa shape index (κ3) is 7.82. The van der Waals surface area contributed by atoms with Gasteiger partial charge in [-0.05, 0) is 105 Å². The molecule has 3 fully saturated rings. The molecule has 4 amide bonds. The predicted molar refractivity (Wildman–Crippen MR) is 235 cm³/mol. The number of amides is 4. The molecule has 16 heteroatoms. The zero-order chi connectivity index (χ0) is 44.1. The first-order valence-electron chi connectivity index (χ1n) is 22.1. The molecule has 3 saturated heterocycles. The number of alkyl carbamates (subject to hydrolysis) is 2. The van der Waals surface area contributed by atoms with Gasteiger partial charge in [0.15, 0.2) is 0 Å². The maximum atomic E-state index is 14.4. The molecule has 6 heterocycles. The number of imidazole rings is 2. The van der Waals surface area contributed by atoms with Crippen LogP contribution in [0.1, 0.15) is 95.5 Å². The summed E-state index contributed by atoms with van der Waals surface area (Å²) in [4.78, 5) is 73.5. The molecule has 332 valence electrons. The highest BCUT2D eigenvalue weighted by Gasteiger charge is 2.44. The molecular weight excluding hydrogens is 805 g/mol. The molecule has 0 aliphatic carbocycles. The Morgan fingerprint density at radius 1 is 0.825 bits per heavy atom. The van der Waals surface area contributed by atoms with E-state index in [9.17, 15) is 19.2 Å². The molecule has 0 spiro atoms. The number of aromatic amines is 2. The van der Waals surface area contributed by atoms with Crippen LogP contribution in [0.2, 0.25) is 0 Å². The van der Waals surface area contributed by atoms with Gasteiger partial charge in [0.05, 0.1) is 55.8 Å². The Morgan fingerprint density at radius 3 is 2.27 bits per heavy atom. The van der Waals surface area contributed by atoms with Crippen molar-refractivity contribution in [2.75, 3.05) is 27.4 Å². The van der Waals surface area contributed by atoms with Gasteiger partial charge < -0.3 is 49.3 Å². The third-order valence-electron chi connectivity index (χ3n) is 13.5. The number of methoxy groups -OCH3 is 2. The molecule has 7 atom stereocenters. The van der Waals surface area contributed by atoms with Crippen LogP contribution < -0.4 is 15.4 Å². The summed E-state index contributed by atoms with van der Waals surface area (Å²) in [5.41, 5.74) is 6.58. The van der Waals surface area contributed by atoms with E-state index in [0.29, 0.717) is 31.5 Å². The summed E-state index contributed by atoms with van der Waals surface area (Å²) < 4.78 is 21.9. The minimum absolute atomic E-state index is 0.0180. The third-order valence-corrected chi connectivity index (χ3v) is 13.5. The van der Waals surface area contributed by atoms with Crippen LogP contribution in [-0.4, -0.2) is 105 Å². The highest BCUT2D eigenvalue weighted by Crippen LogP contribution is 2.44. The van der Waals surface area contributed by atoms with Gasteiger partial charge in [-0.2, -0.15) is 0 Å². The number of fused-ring (bicyclic) bond motifs is 6. The van der Waals surface area contributed by atoms with Crippen LogP contribution in [-0.2, 0) is 30.4 Å². The second-order valence-corrected chi connectivity index (χ2v) is 17.8. The quantitative estimate of drug-likeness (QED) is 0.117. The zero-order valence-corrected chi connectivity index (χ0v) is 36.7. The van der Waals surface area contributed by atoms with E-state index in [2.05, 4.69) is 57.0 Å². The zero-order valence-electron chi connectivity index (χ0n) is 36.7. The van der Waals surface area contributed by atoms with Crippen molar-refractivity contribution in [1.29, 1.82) is 0 Å². The van der Waals surface area contributed by atoms with Gasteiger partial charge in [-0.25, -0.2) is 19.6 Å². The number of nitrogens with one attached hydrogen (secondary N) is 4. The summed E-state index contributed by atoms with van der Waals surface area (Å²) in [5, 5.41) is 7.55.